The number of fused-ring (bicyclic) bond motifs is 1. The highest BCUT2D eigenvalue weighted by atomic mass is 32.2. The molecule has 8 heteroatoms. The molecule has 0 spiro atoms. The first-order valence-corrected chi connectivity index (χ1v) is 11.8. The van der Waals surface area contributed by atoms with Gasteiger partial charge in [-0.2, -0.15) is 0 Å². The summed E-state index contributed by atoms with van der Waals surface area (Å²) in [6.07, 6.45) is 2.44. The number of nitrogens with one attached hydrogen (secondary N) is 1. The molecule has 2 aliphatic heterocycles. The number of carbonyl (C=O) groups is 1. The van der Waals surface area contributed by atoms with Crippen LogP contribution in [0.15, 0.2) is 24.3 Å². The van der Waals surface area contributed by atoms with Gasteiger partial charge in [-0.05, 0) is 43.4 Å². The predicted octanol–water partition coefficient (Wildman–Crippen LogP) is 1.70. The highest BCUT2D eigenvalue weighted by Gasteiger charge is 2.34. The normalized spacial score (nSPS) is 25.7. The van der Waals surface area contributed by atoms with Crippen molar-refractivity contribution >= 4 is 21.6 Å². The minimum atomic E-state index is -3.49. The van der Waals surface area contributed by atoms with Crippen molar-refractivity contribution in [1.29, 1.82) is 0 Å². The quantitative estimate of drug-likeness (QED) is 0.724. The topological polar surface area (TPSA) is 79.0 Å². The van der Waals surface area contributed by atoms with Crippen molar-refractivity contribution in [2.75, 3.05) is 43.3 Å². The molecule has 1 N–H and O–H groups in total. The zero-order valence-corrected chi connectivity index (χ0v) is 17.7. The van der Waals surface area contributed by atoms with Crippen LogP contribution in [0, 0.1) is 11.8 Å². The molecule has 1 aromatic rings. The Bertz CT molecular complexity index is 788. The van der Waals surface area contributed by atoms with Gasteiger partial charge in [0.1, 0.15) is 5.75 Å². The van der Waals surface area contributed by atoms with E-state index in [1.807, 2.05) is 0 Å². The average molecular weight is 410 g/mol. The monoisotopic (exact) mass is 409 g/mol. The van der Waals surface area contributed by atoms with Crippen LogP contribution in [-0.4, -0.2) is 64.3 Å². The summed E-state index contributed by atoms with van der Waals surface area (Å²) in [5, 5.41) is 2.91. The summed E-state index contributed by atoms with van der Waals surface area (Å²) in [4.78, 5) is 15.0. The van der Waals surface area contributed by atoms with Gasteiger partial charge < -0.3 is 15.0 Å². The molecule has 0 saturated carbocycles. The van der Waals surface area contributed by atoms with Gasteiger partial charge in [-0.1, -0.05) is 26.0 Å². The first-order chi connectivity index (χ1) is 13.2. The Morgan fingerprint density at radius 3 is 2.54 bits per heavy atom. The Labute approximate surface area is 168 Å². The van der Waals surface area contributed by atoms with E-state index in [0.29, 0.717) is 18.0 Å². The molecule has 3 rings (SSSR count). The van der Waals surface area contributed by atoms with Gasteiger partial charge in [-0.15, -0.1) is 0 Å². The number of hydrogen-bond donors (Lipinski definition) is 1. The fourth-order valence-corrected chi connectivity index (χ4v) is 5.17. The third kappa shape index (κ3) is 5.17. The second-order valence-electron chi connectivity index (χ2n) is 8.22. The third-order valence-corrected chi connectivity index (χ3v) is 6.47. The SMILES string of the molecule is CC1CC(C)CN(CCCNC(=O)C2CN(S(C)(=O)=O)c3ccccc3O2)C1. The number of hydrogen-bond acceptors (Lipinski definition) is 5. The van der Waals surface area contributed by atoms with E-state index < -0.39 is 16.1 Å². The lowest BCUT2D eigenvalue weighted by Crippen LogP contribution is -2.50. The molecule has 0 bridgehead atoms. The zero-order chi connectivity index (χ0) is 20.3. The van der Waals surface area contributed by atoms with E-state index in [1.165, 1.54) is 10.7 Å². The Hall–Kier alpha value is -1.80. The van der Waals surface area contributed by atoms with Crippen molar-refractivity contribution in [3.8, 4) is 5.75 Å². The largest absolute Gasteiger partial charge is 0.476 e. The van der Waals surface area contributed by atoms with Gasteiger partial charge >= 0.3 is 0 Å². The summed E-state index contributed by atoms with van der Waals surface area (Å²) in [6.45, 7) is 8.31. The molecule has 1 fully saturated rings. The second kappa shape index (κ2) is 8.69. The minimum Gasteiger partial charge on any atom is -0.476 e. The molecule has 0 aromatic heterocycles. The second-order valence-corrected chi connectivity index (χ2v) is 10.1. The zero-order valence-electron chi connectivity index (χ0n) is 16.9. The van der Waals surface area contributed by atoms with Crippen LogP contribution in [0.25, 0.3) is 0 Å². The molecule has 0 aliphatic carbocycles. The number of ether oxygens (including phenoxy) is 1. The van der Waals surface area contributed by atoms with Crippen molar-refractivity contribution in [1.82, 2.24) is 10.2 Å². The first-order valence-electron chi connectivity index (χ1n) is 9.97. The van der Waals surface area contributed by atoms with Crippen molar-refractivity contribution in [3.63, 3.8) is 0 Å². The smallest absolute Gasteiger partial charge is 0.263 e. The summed E-state index contributed by atoms with van der Waals surface area (Å²) in [5.74, 6) is 1.58. The molecule has 2 aliphatic rings. The number of likely N-dealkylation sites (tertiary alicyclic amines) is 1. The molecule has 3 atom stereocenters. The standard InChI is InChI=1S/C20H31N3O4S/c1-15-11-16(2)13-22(12-15)10-6-9-21-20(24)19-14-23(28(3,25)26)17-7-4-5-8-18(17)27-19/h4-5,7-8,15-16,19H,6,9-14H2,1-3H3,(H,21,24). The molecule has 156 valence electrons. The van der Waals surface area contributed by atoms with Crippen molar-refractivity contribution < 1.29 is 17.9 Å². The van der Waals surface area contributed by atoms with E-state index >= 15 is 0 Å². The van der Waals surface area contributed by atoms with E-state index in [0.717, 1.165) is 44.1 Å². The molecule has 3 unspecified atom stereocenters. The Balaban J connectivity index is 1.52. The Morgan fingerprint density at radius 1 is 1.18 bits per heavy atom. The van der Waals surface area contributed by atoms with Gasteiger partial charge in [0, 0.05) is 19.6 Å². The molecule has 7 nitrogen and oxygen atoms in total. The number of rotatable bonds is 6. The lowest BCUT2D eigenvalue weighted by Gasteiger charge is -2.35. The number of anilines is 1. The van der Waals surface area contributed by atoms with Crippen molar-refractivity contribution in [2.45, 2.75) is 32.8 Å². The molecular formula is C20H31N3O4S. The van der Waals surface area contributed by atoms with Crippen LogP contribution in [0.1, 0.15) is 26.7 Å². The van der Waals surface area contributed by atoms with E-state index in [9.17, 15) is 13.2 Å². The summed E-state index contributed by atoms with van der Waals surface area (Å²) in [7, 11) is -3.49. The molecule has 1 aromatic carbocycles. The van der Waals surface area contributed by atoms with Crippen LogP contribution in [0.3, 0.4) is 0 Å². The summed E-state index contributed by atoms with van der Waals surface area (Å²) in [5.41, 5.74) is 0.474. The first kappa shape index (κ1) is 20.9. The fourth-order valence-electron chi connectivity index (χ4n) is 4.26. The third-order valence-electron chi connectivity index (χ3n) is 5.32. The lowest BCUT2D eigenvalue weighted by molar-refractivity contribution is -0.127. The number of benzene rings is 1. The Morgan fingerprint density at radius 2 is 1.86 bits per heavy atom. The Kier molecular flexibility index (Phi) is 6.50. The van der Waals surface area contributed by atoms with Gasteiger partial charge in [0.2, 0.25) is 10.0 Å². The van der Waals surface area contributed by atoms with Gasteiger partial charge in [0.25, 0.3) is 5.91 Å². The maximum Gasteiger partial charge on any atom is 0.263 e. The van der Waals surface area contributed by atoms with Crippen LogP contribution in [0.2, 0.25) is 0 Å². The lowest BCUT2D eigenvalue weighted by atomic mass is 9.92. The number of piperidine rings is 1. The van der Waals surface area contributed by atoms with Gasteiger partial charge in [0.15, 0.2) is 6.10 Å². The van der Waals surface area contributed by atoms with Crippen LogP contribution >= 0.6 is 0 Å². The minimum absolute atomic E-state index is 0.0111. The summed E-state index contributed by atoms with van der Waals surface area (Å²) >= 11 is 0. The maximum absolute atomic E-state index is 12.6. The summed E-state index contributed by atoms with van der Waals surface area (Å²) < 4.78 is 31.3. The van der Waals surface area contributed by atoms with Gasteiger partial charge in [-0.25, -0.2) is 8.42 Å². The van der Waals surface area contributed by atoms with E-state index in [1.54, 1.807) is 24.3 Å². The number of nitrogens with zero attached hydrogens (tertiary/aromatic N) is 2. The maximum atomic E-state index is 12.6. The van der Waals surface area contributed by atoms with Crippen LogP contribution < -0.4 is 14.4 Å². The van der Waals surface area contributed by atoms with Gasteiger partial charge in [-0.3, -0.25) is 9.10 Å². The molecule has 1 saturated heterocycles. The number of amides is 1. The van der Waals surface area contributed by atoms with Gasteiger partial charge in [0.05, 0.1) is 18.5 Å². The fraction of sp³-hybridized carbons (Fsp3) is 0.650. The number of carbonyl (C=O) groups excluding carboxylic acids is 1. The van der Waals surface area contributed by atoms with E-state index in [2.05, 4.69) is 24.1 Å². The van der Waals surface area contributed by atoms with E-state index in [4.69, 9.17) is 4.74 Å². The van der Waals surface area contributed by atoms with Crippen molar-refractivity contribution in [3.05, 3.63) is 24.3 Å². The van der Waals surface area contributed by atoms with E-state index in [-0.39, 0.29) is 12.5 Å². The highest BCUT2D eigenvalue weighted by molar-refractivity contribution is 7.92. The molecule has 1 amide bonds. The van der Waals surface area contributed by atoms with Crippen LogP contribution in [0.4, 0.5) is 5.69 Å². The number of para-hydroxylation sites is 2. The van der Waals surface area contributed by atoms with Crippen LogP contribution in [0.5, 0.6) is 5.75 Å². The van der Waals surface area contributed by atoms with Crippen molar-refractivity contribution in [2.24, 2.45) is 11.8 Å². The molecular weight excluding hydrogens is 378 g/mol. The summed E-state index contributed by atoms with van der Waals surface area (Å²) in [6, 6.07) is 6.89. The molecule has 2 heterocycles. The predicted molar refractivity (Wildman–Crippen MR) is 110 cm³/mol. The highest BCUT2D eigenvalue weighted by Crippen LogP contribution is 2.34. The molecule has 0 radical (unpaired) electrons. The number of sulfonamides is 1. The van der Waals surface area contributed by atoms with Crippen LogP contribution in [-0.2, 0) is 14.8 Å². The molecule has 28 heavy (non-hydrogen) atoms. The average Bonchev–Trinajstić information content (AvgIpc) is 2.62.